The van der Waals surface area contributed by atoms with E-state index in [2.05, 4.69) is 12.3 Å². The van der Waals surface area contributed by atoms with Gasteiger partial charge in [-0.2, -0.15) is 0 Å². The van der Waals surface area contributed by atoms with Gasteiger partial charge in [0.1, 0.15) is 11.5 Å². The van der Waals surface area contributed by atoms with Gasteiger partial charge in [0.05, 0.1) is 0 Å². The molecule has 0 radical (unpaired) electrons. The van der Waals surface area contributed by atoms with Crippen molar-refractivity contribution in [3.8, 4) is 11.5 Å². The van der Waals surface area contributed by atoms with E-state index >= 15 is 0 Å². The standard InChI is InChI=1S/C7H16N2O.2C6H6O/c1-2-3-4-5-6-7(10)9-8;2*7-6-4-2-1-3-5-6/h2-6,8H2,1H3,(H,9,10);2*1-5,7H. The highest BCUT2D eigenvalue weighted by Crippen LogP contribution is 2.03. The van der Waals surface area contributed by atoms with E-state index in [4.69, 9.17) is 16.1 Å². The second-order valence-corrected chi connectivity index (χ2v) is 5.05. The van der Waals surface area contributed by atoms with Gasteiger partial charge >= 0.3 is 0 Å². The number of nitrogens with one attached hydrogen (secondary N) is 1. The molecule has 0 unspecified atom stereocenters. The summed E-state index contributed by atoms with van der Waals surface area (Å²) in [6.07, 6.45) is 5.05. The number of carbonyl (C=O) groups is 1. The maximum Gasteiger partial charge on any atom is 0.233 e. The number of rotatable bonds is 5. The highest BCUT2D eigenvalue weighted by Gasteiger charge is 1.95. The van der Waals surface area contributed by atoms with E-state index in [1.165, 1.54) is 12.8 Å². The molecule has 0 aromatic heterocycles. The molecule has 5 nitrogen and oxygen atoms in total. The summed E-state index contributed by atoms with van der Waals surface area (Å²) in [4.78, 5) is 10.5. The summed E-state index contributed by atoms with van der Waals surface area (Å²) in [5.74, 6) is 5.47. The zero-order chi connectivity index (χ0) is 18.0. The number of hydrogen-bond acceptors (Lipinski definition) is 4. The maximum absolute atomic E-state index is 10.5. The molecule has 0 fully saturated rings. The molecule has 1 amide bonds. The van der Waals surface area contributed by atoms with Crippen LogP contribution in [-0.4, -0.2) is 16.1 Å². The smallest absolute Gasteiger partial charge is 0.233 e. The lowest BCUT2D eigenvalue weighted by Gasteiger charge is -1.97. The predicted molar refractivity (Wildman–Crippen MR) is 97.3 cm³/mol. The van der Waals surface area contributed by atoms with Crippen LogP contribution in [0.4, 0.5) is 0 Å². The Labute approximate surface area is 144 Å². The van der Waals surface area contributed by atoms with Gasteiger partial charge in [0.25, 0.3) is 0 Å². The molecular formula is C19H28N2O3. The third-order valence-electron chi connectivity index (χ3n) is 2.93. The minimum Gasteiger partial charge on any atom is -0.508 e. The molecule has 0 aliphatic carbocycles. The molecule has 2 rings (SSSR count). The highest BCUT2D eigenvalue weighted by molar-refractivity contribution is 5.74. The van der Waals surface area contributed by atoms with Crippen LogP contribution >= 0.6 is 0 Å². The fraction of sp³-hybridized carbons (Fsp3) is 0.316. The summed E-state index contributed by atoms with van der Waals surface area (Å²) >= 11 is 0. The third kappa shape index (κ3) is 14.4. The molecule has 0 saturated carbocycles. The minimum absolute atomic E-state index is 0.0592. The van der Waals surface area contributed by atoms with Gasteiger partial charge in [-0.25, -0.2) is 5.84 Å². The van der Waals surface area contributed by atoms with E-state index < -0.39 is 0 Å². The van der Waals surface area contributed by atoms with Crippen molar-refractivity contribution in [1.82, 2.24) is 5.43 Å². The molecule has 0 atom stereocenters. The number of para-hydroxylation sites is 2. The Balaban J connectivity index is 0.000000337. The van der Waals surface area contributed by atoms with Crippen molar-refractivity contribution in [2.75, 3.05) is 0 Å². The van der Waals surface area contributed by atoms with Crippen molar-refractivity contribution in [3.05, 3.63) is 60.7 Å². The Morgan fingerprint density at radius 3 is 1.62 bits per heavy atom. The van der Waals surface area contributed by atoms with Crippen LogP contribution in [0.3, 0.4) is 0 Å². The van der Waals surface area contributed by atoms with E-state index in [1.807, 2.05) is 12.1 Å². The Bertz CT molecular complexity index is 481. The topological polar surface area (TPSA) is 95.6 Å². The van der Waals surface area contributed by atoms with Gasteiger partial charge < -0.3 is 10.2 Å². The van der Waals surface area contributed by atoms with Crippen LogP contribution in [0.25, 0.3) is 0 Å². The first kappa shape index (κ1) is 21.5. The normalized spacial score (nSPS) is 8.92. The fourth-order valence-electron chi connectivity index (χ4n) is 1.64. The molecule has 0 bridgehead atoms. The molecule has 2 aromatic rings. The number of aromatic hydroxyl groups is 2. The van der Waals surface area contributed by atoms with Crippen LogP contribution < -0.4 is 11.3 Å². The Hall–Kier alpha value is -2.53. The predicted octanol–water partition coefficient (Wildman–Crippen LogP) is 3.73. The number of nitrogens with two attached hydrogens (primary N) is 1. The van der Waals surface area contributed by atoms with E-state index in [-0.39, 0.29) is 5.91 Å². The van der Waals surface area contributed by atoms with Gasteiger partial charge in [-0.15, -0.1) is 0 Å². The molecule has 5 heteroatoms. The molecule has 132 valence electrons. The van der Waals surface area contributed by atoms with Gasteiger partial charge in [0.15, 0.2) is 0 Å². The number of hydrazine groups is 1. The monoisotopic (exact) mass is 332 g/mol. The lowest BCUT2D eigenvalue weighted by atomic mass is 10.1. The van der Waals surface area contributed by atoms with E-state index in [0.717, 1.165) is 12.8 Å². The van der Waals surface area contributed by atoms with Crippen LogP contribution in [0.2, 0.25) is 0 Å². The molecule has 24 heavy (non-hydrogen) atoms. The van der Waals surface area contributed by atoms with Crippen molar-refractivity contribution in [2.45, 2.75) is 39.0 Å². The van der Waals surface area contributed by atoms with Gasteiger partial charge in [-0.05, 0) is 30.7 Å². The second-order valence-electron chi connectivity index (χ2n) is 5.05. The summed E-state index contributed by atoms with van der Waals surface area (Å²) in [5, 5.41) is 17.3. The fourth-order valence-corrected chi connectivity index (χ4v) is 1.64. The molecule has 2 aromatic carbocycles. The lowest BCUT2D eigenvalue weighted by molar-refractivity contribution is -0.121. The van der Waals surface area contributed by atoms with Crippen molar-refractivity contribution >= 4 is 5.91 Å². The Morgan fingerprint density at radius 1 is 0.875 bits per heavy atom. The van der Waals surface area contributed by atoms with E-state index in [0.29, 0.717) is 17.9 Å². The largest absolute Gasteiger partial charge is 0.508 e. The second kappa shape index (κ2) is 15.4. The van der Waals surface area contributed by atoms with E-state index in [1.54, 1.807) is 48.5 Å². The lowest BCUT2D eigenvalue weighted by Crippen LogP contribution is -2.29. The quantitative estimate of drug-likeness (QED) is 0.290. The number of amides is 1. The molecule has 0 aliphatic heterocycles. The number of unbranched alkanes of at least 4 members (excludes halogenated alkanes) is 3. The zero-order valence-corrected chi connectivity index (χ0v) is 14.2. The maximum atomic E-state index is 10.5. The first-order valence-corrected chi connectivity index (χ1v) is 8.07. The highest BCUT2D eigenvalue weighted by atomic mass is 16.3. The number of benzene rings is 2. The molecule has 0 heterocycles. The van der Waals surface area contributed by atoms with Crippen LogP contribution in [0.1, 0.15) is 39.0 Å². The average Bonchev–Trinajstić information content (AvgIpc) is 2.61. The van der Waals surface area contributed by atoms with Crippen molar-refractivity contribution in [1.29, 1.82) is 0 Å². The number of hydrogen-bond donors (Lipinski definition) is 4. The third-order valence-corrected chi connectivity index (χ3v) is 2.93. The number of phenols is 2. The Kier molecular flexibility index (Phi) is 13.7. The van der Waals surface area contributed by atoms with Gasteiger partial charge in [0, 0.05) is 6.42 Å². The zero-order valence-electron chi connectivity index (χ0n) is 14.2. The summed E-state index contributed by atoms with van der Waals surface area (Å²) in [6, 6.07) is 17.4. The van der Waals surface area contributed by atoms with Crippen molar-refractivity contribution in [2.24, 2.45) is 5.84 Å². The SMILES string of the molecule is CCCCCCC(=O)NN.Oc1ccccc1.Oc1ccccc1. The minimum atomic E-state index is -0.0592. The van der Waals surface area contributed by atoms with E-state index in [9.17, 15) is 4.79 Å². The first-order valence-electron chi connectivity index (χ1n) is 8.07. The Morgan fingerprint density at radius 2 is 1.33 bits per heavy atom. The molecule has 0 saturated heterocycles. The molecule has 0 aliphatic rings. The number of carbonyl (C=O) groups excluding carboxylic acids is 1. The van der Waals surface area contributed by atoms with Crippen molar-refractivity contribution < 1.29 is 15.0 Å². The number of phenolic OH excluding ortho intramolecular Hbond substituents is 2. The summed E-state index contributed by atoms with van der Waals surface area (Å²) in [6.45, 7) is 2.14. The van der Waals surface area contributed by atoms with Crippen molar-refractivity contribution in [3.63, 3.8) is 0 Å². The van der Waals surface area contributed by atoms with Crippen LogP contribution in [0.5, 0.6) is 11.5 Å². The summed E-state index contributed by atoms with van der Waals surface area (Å²) < 4.78 is 0. The molecular weight excluding hydrogens is 304 g/mol. The summed E-state index contributed by atoms with van der Waals surface area (Å²) in [7, 11) is 0. The van der Waals surface area contributed by atoms with Gasteiger partial charge in [0.2, 0.25) is 5.91 Å². The van der Waals surface area contributed by atoms with Gasteiger partial charge in [-0.3, -0.25) is 10.2 Å². The van der Waals surface area contributed by atoms with Crippen LogP contribution in [-0.2, 0) is 4.79 Å². The first-order chi connectivity index (χ1) is 11.6. The van der Waals surface area contributed by atoms with Crippen LogP contribution in [0, 0.1) is 0 Å². The van der Waals surface area contributed by atoms with Gasteiger partial charge in [-0.1, -0.05) is 62.6 Å². The summed E-state index contributed by atoms with van der Waals surface area (Å²) in [5.41, 5.74) is 2.10. The molecule has 5 N–H and O–H groups in total. The van der Waals surface area contributed by atoms with Crippen LogP contribution in [0.15, 0.2) is 60.7 Å². The molecule has 0 spiro atoms. The average molecular weight is 332 g/mol.